The van der Waals surface area contributed by atoms with Gasteiger partial charge in [0.05, 0.1) is 24.7 Å². The zero-order valence-electron chi connectivity index (χ0n) is 16.4. The molecule has 0 amide bonds. The lowest BCUT2D eigenvalue weighted by Crippen LogP contribution is -2.35. The Morgan fingerprint density at radius 1 is 1.00 bits per heavy atom. The summed E-state index contributed by atoms with van der Waals surface area (Å²) in [4.78, 5) is 0. The van der Waals surface area contributed by atoms with Crippen molar-refractivity contribution in [3.63, 3.8) is 0 Å². The van der Waals surface area contributed by atoms with E-state index in [1.807, 2.05) is 12.1 Å². The van der Waals surface area contributed by atoms with Gasteiger partial charge in [0.1, 0.15) is 15.6 Å². The summed E-state index contributed by atoms with van der Waals surface area (Å²) in [5.41, 5.74) is 5.91. The minimum atomic E-state index is -2.86. The number of benzene rings is 2. The molecular weight excluding hydrogens is 372 g/mol. The number of ether oxygens (including phenoxy) is 1. The lowest BCUT2D eigenvalue weighted by atomic mass is 9.85. The smallest absolute Gasteiger partial charge is 0.150 e. The minimum absolute atomic E-state index is 0.0537. The predicted molar refractivity (Wildman–Crippen MR) is 111 cm³/mol. The number of sulfone groups is 1. The molecule has 0 aromatic heterocycles. The third-order valence-corrected chi connectivity index (χ3v) is 7.89. The average Bonchev–Trinajstić information content (AvgIpc) is 2.87. The summed E-state index contributed by atoms with van der Waals surface area (Å²) in [6.45, 7) is 2.72. The number of fused-ring (bicyclic) bond motifs is 3. The first-order chi connectivity index (χ1) is 13.4. The van der Waals surface area contributed by atoms with Gasteiger partial charge in [-0.15, -0.1) is 0 Å². The topological polar surface area (TPSA) is 63.6 Å². The first kappa shape index (κ1) is 19.5. The molecular formula is C23H28O4S. The Bertz CT molecular complexity index is 964. The van der Waals surface area contributed by atoms with E-state index in [4.69, 9.17) is 4.74 Å². The van der Waals surface area contributed by atoms with E-state index in [1.54, 1.807) is 0 Å². The van der Waals surface area contributed by atoms with E-state index in [1.165, 1.54) is 22.3 Å². The number of aliphatic hydroxyl groups excluding tert-OH is 1. The summed E-state index contributed by atoms with van der Waals surface area (Å²) in [7, 11) is -2.86. The Balaban J connectivity index is 1.54. The third-order valence-electron chi connectivity index (χ3n) is 6.24. The normalized spacial score (nSPS) is 19.9. The SMILES string of the molecule is CC1(COc2ccc3c(c2)CCCc2ccc(CO)cc2-3)CCS(=O)(=O)CC1. The van der Waals surface area contributed by atoms with Crippen LogP contribution >= 0.6 is 0 Å². The number of hydrogen-bond donors (Lipinski definition) is 1. The van der Waals surface area contributed by atoms with Gasteiger partial charge in [0.25, 0.3) is 0 Å². The van der Waals surface area contributed by atoms with Crippen molar-refractivity contribution in [1.82, 2.24) is 0 Å². The van der Waals surface area contributed by atoms with Crippen molar-refractivity contribution in [1.29, 1.82) is 0 Å². The van der Waals surface area contributed by atoms with Crippen LogP contribution in [0.4, 0.5) is 0 Å². The lowest BCUT2D eigenvalue weighted by molar-refractivity contribution is 0.149. The van der Waals surface area contributed by atoms with Crippen LogP contribution in [0.25, 0.3) is 11.1 Å². The zero-order chi connectivity index (χ0) is 19.8. The number of aryl methyl sites for hydroxylation is 2. The van der Waals surface area contributed by atoms with Gasteiger partial charge >= 0.3 is 0 Å². The predicted octanol–water partition coefficient (Wildman–Crippen LogP) is 3.93. The Hall–Kier alpha value is -1.85. The van der Waals surface area contributed by atoms with Gasteiger partial charge in [-0.1, -0.05) is 25.1 Å². The van der Waals surface area contributed by atoms with Crippen LogP contribution in [0.2, 0.25) is 0 Å². The molecule has 1 aliphatic carbocycles. The van der Waals surface area contributed by atoms with Gasteiger partial charge < -0.3 is 9.84 Å². The van der Waals surface area contributed by atoms with E-state index in [0.29, 0.717) is 19.4 Å². The summed E-state index contributed by atoms with van der Waals surface area (Å²) < 4.78 is 29.5. The summed E-state index contributed by atoms with van der Waals surface area (Å²) in [5, 5.41) is 9.49. The summed E-state index contributed by atoms with van der Waals surface area (Å²) >= 11 is 0. The zero-order valence-corrected chi connectivity index (χ0v) is 17.2. The molecule has 0 saturated carbocycles. The van der Waals surface area contributed by atoms with Gasteiger partial charge in [0.2, 0.25) is 0 Å². The average molecular weight is 401 g/mol. The minimum Gasteiger partial charge on any atom is -0.493 e. The maximum atomic E-state index is 11.7. The summed E-state index contributed by atoms with van der Waals surface area (Å²) in [6.07, 6.45) is 4.47. The molecule has 5 heteroatoms. The fourth-order valence-electron chi connectivity index (χ4n) is 4.22. The fraction of sp³-hybridized carbons (Fsp3) is 0.478. The second kappa shape index (κ2) is 7.53. The highest BCUT2D eigenvalue weighted by Crippen LogP contribution is 2.37. The first-order valence-electron chi connectivity index (χ1n) is 10.1. The van der Waals surface area contributed by atoms with E-state index in [9.17, 15) is 13.5 Å². The maximum Gasteiger partial charge on any atom is 0.150 e. The van der Waals surface area contributed by atoms with Gasteiger partial charge in [0.15, 0.2) is 0 Å². The van der Waals surface area contributed by atoms with Crippen molar-refractivity contribution in [2.24, 2.45) is 5.41 Å². The van der Waals surface area contributed by atoms with Crippen LogP contribution in [-0.2, 0) is 29.3 Å². The largest absolute Gasteiger partial charge is 0.493 e. The number of aliphatic hydroxyl groups is 1. The molecule has 1 fully saturated rings. The standard InChI is InChI=1S/C23H28O4S/c1-23(9-11-28(25,26)12-10-23)16-27-20-7-8-21-19(14-20)4-2-3-18-6-5-17(15-24)13-22(18)21/h5-8,13-14,24H,2-4,9-12,15-16H2,1H3. The molecule has 2 aromatic rings. The second-order valence-electron chi connectivity index (χ2n) is 8.57. The van der Waals surface area contributed by atoms with E-state index in [0.717, 1.165) is 30.6 Å². The lowest BCUT2D eigenvalue weighted by Gasteiger charge is -2.33. The van der Waals surface area contributed by atoms with Crippen LogP contribution < -0.4 is 4.74 Å². The summed E-state index contributed by atoms with van der Waals surface area (Å²) in [5.74, 6) is 1.39. The molecule has 1 heterocycles. The Kier molecular flexibility index (Phi) is 5.23. The Labute approximate surface area is 167 Å². The van der Waals surface area contributed by atoms with E-state index < -0.39 is 9.84 Å². The van der Waals surface area contributed by atoms with Gasteiger partial charge in [-0.25, -0.2) is 8.42 Å². The van der Waals surface area contributed by atoms with Crippen molar-refractivity contribution >= 4 is 9.84 Å². The molecule has 0 unspecified atom stereocenters. The highest BCUT2D eigenvalue weighted by molar-refractivity contribution is 7.91. The third kappa shape index (κ3) is 4.11. The molecule has 150 valence electrons. The van der Waals surface area contributed by atoms with Gasteiger partial charge in [0, 0.05) is 5.41 Å². The molecule has 0 bridgehead atoms. The highest BCUT2D eigenvalue weighted by atomic mass is 32.2. The van der Waals surface area contributed by atoms with Gasteiger partial charge in [-0.2, -0.15) is 0 Å². The molecule has 2 aromatic carbocycles. The molecule has 4 rings (SSSR count). The summed E-state index contributed by atoms with van der Waals surface area (Å²) in [6, 6.07) is 12.5. The van der Waals surface area contributed by atoms with Crippen molar-refractivity contribution < 1.29 is 18.3 Å². The fourth-order valence-corrected chi connectivity index (χ4v) is 6.03. The monoisotopic (exact) mass is 400 g/mol. The second-order valence-corrected chi connectivity index (χ2v) is 10.9. The van der Waals surface area contributed by atoms with Crippen molar-refractivity contribution in [2.45, 2.75) is 45.6 Å². The molecule has 2 aliphatic rings. The van der Waals surface area contributed by atoms with Crippen molar-refractivity contribution in [3.8, 4) is 16.9 Å². The van der Waals surface area contributed by atoms with Crippen LogP contribution in [0.3, 0.4) is 0 Å². The Morgan fingerprint density at radius 2 is 1.75 bits per heavy atom. The van der Waals surface area contributed by atoms with Crippen LogP contribution in [0.5, 0.6) is 5.75 Å². The molecule has 1 N–H and O–H groups in total. The quantitative estimate of drug-likeness (QED) is 0.845. The van der Waals surface area contributed by atoms with E-state index in [-0.39, 0.29) is 23.5 Å². The number of hydrogen-bond acceptors (Lipinski definition) is 4. The molecule has 0 spiro atoms. The maximum absolute atomic E-state index is 11.7. The van der Waals surface area contributed by atoms with E-state index >= 15 is 0 Å². The van der Waals surface area contributed by atoms with E-state index in [2.05, 4.69) is 31.2 Å². The molecule has 1 aliphatic heterocycles. The van der Waals surface area contributed by atoms with Gasteiger partial charge in [-0.05, 0) is 78.1 Å². The van der Waals surface area contributed by atoms with Crippen LogP contribution in [0.15, 0.2) is 36.4 Å². The number of rotatable bonds is 4. The van der Waals surface area contributed by atoms with Crippen molar-refractivity contribution in [3.05, 3.63) is 53.1 Å². The molecule has 4 nitrogen and oxygen atoms in total. The highest BCUT2D eigenvalue weighted by Gasteiger charge is 2.34. The molecule has 0 atom stereocenters. The van der Waals surface area contributed by atoms with Crippen LogP contribution in [-0.4, -0.2) is 31.6 Å². The van der Waals surface area contributed by atoms with Crippen LogP contribution in [0.1, 0.15) is 42.9 Å². The Morgan fingerprint density at radius 3 is 2.50 bits per heavy atom. The molecule has 0 radical (unpaired) electrons. The van der Waals surface area contributed by atoms with Crippen LogP contribution in [0, 0.1) is 5.41 Å². The van der Waals surface area contributed by atoms with Gasteiger partial charge in [-0.3, -0.25) is 0 Å². The first-order valence-corrected chi connectivity index (χ1v) is 11.9. The van der Waals surface area contributed by atoms with Crippen molar-refractivity contribution in [2.75, 3.05) is 18.1 Å². The molecule has 1 saturated heterocycles. The molecule has 28 heavy (non-hydrogen) atoms.